The molecular weight excluding hydrogens is 524 g/mol. The summed E-state index contributed by atoms with van der Waals surface area (Å²) in [6, 6.07) is 21.8. The minimum Gasteiger partial charge on any atom is -0.463 e. The number of nitrogens with zero attached hydrogens (tertiary/aromatic N) is 1. The van der Waals surface area contributed by atoms with Gasteiger partial charge in [-0.2, -0.15) is 0 Å². The van der Waals surface area contributed by atoms with Crippen molar-refractivity contribution in [3.05, 3.63) is 100 Å². The first kappa shape index (κ1) is 25.0. The number of carbonyl (C=O) groups excluding carboxylic acids is 3. The maximum Gasteiger partial charge on any atom is 0.338 e. The van der Waals surface area contributed by atoms with Gasteiger partial charge in [-0.15, -0.1) is 0 Å². The molecule has 184 valence electrons. The fourth-order valence-corrected chi connectivity index (χ4v) is 4.22. The van der Waals surface area contributed by atoms with Gasteiger partial charge in [-0.3, -0.25) is 4.90 Å². The molecule has 8 nitrogen and oxygen atoms in total. The molecule has 0 saturated heterocycles. The summed E-state index contributed by atoms with van der Waals surface area (Å²) in [6.45, 7) is 1.92. The lowest BCUT2D eigenvalue weighted by Crippen LogP contribution is -2.46. The Morgan fingerprint density at radius 1 is 0.972 bits per heavy atom. The van der Waals surface area contributed by atoms with E-state index in [1.165, 1.54) is 4.90 Å². The van der Waals surface area contributed by atoms with Crippen LogP contribution in [0.2, 0.25) is 0 Å². The van der Waals surface area contributed by atoms with E-state index in [2.05, 4.69) is 31.9 Å². The van der Waals surface area contributed by atoms with Crippen molar-refractivity contribution in [1.82, 2.24) is 10.2 Å². The first-order chi connectivity index (χ1) is 17.4. The van der Waals surface area contributed by atoms with Crippen LogP contribution in [0.3, 0.4) is 0 Å². The predicted molar refractivity (Wildman–Crippen MR) is 142 cm³/mol. The standard InChI is InChI=1S/C27H25BrN4O4/c1-3-36-25(33)22-23(31-27(35)32(2)24(22)17-8-5-4-6-9-17)18-10-7-11-21(16-18)30-26(34)29-20-14-12-19(28)13-15-20/h4-16,23H,3H2,1-2H3,(H,31,35)(H2,29,30,34). The number of amides is 4. The molecule has 1 heterocycles. The summed E-state index contributed by atoms with van der Waals surface area (Å²) in [7, 11) is 1.61. The Balaban J connectivity index is 1.68. The highest BCUT2D eigenvalue weighted by Gasteiger charge is 2.37. The molecule has 1 unspecified atom stereocenters. The van der Waals surface area contributed by atoms with Gasteiger partial charge in [0.05, 0.1) is 23.9 Å². The van der Waals surface area contributed by atoms with E-state index in [-0.39, 0.29) is 12.6 Å². The third-order valence-electron chi connectivity index (χ3n) is 5.57. The van der Waals surface area contributed by atoms with E-state index in [1.54, 1.807) is 50.4 Å². The third-order valence-corrected chi connectivity index (χ3v) is 6.10. The van der Waals surface area contributed by atoms with Crippen LogP contribution in [0.4, 0.5) is 21.0 Å². The van der Waals surface area contributed by atoms with Crippen molar-refractivity contribution in [1.29, 1.82) is 0 Å². The maximum absolute atomic E-state index is 13.2. The van der Waals surface area contributed by atoms with Crippen molar-refractivity contribution < 1.29 is 19.1 Å². The molecule has 36 heavy (non-hydrogen) atoms. The lowest BCUT2D eigenvalue weighted by molar-refractivity contribution is -0.138. The highest BCUT2D eigenvalue weighted by molar-refractivity contribution is 9.10. The van der Waals surface area contributed by atoms with Gasteiger partial charge in [0.1, 0.15) is 0 Å². The summed E-state index contributed by atoms with van der Waals surface area (Å²) >= 11 is 3.36. The molecule has 3 aromatic rings. The molecule has 9 heteroatoms. The largest absolute Gasteiger partial charge is 0.463 e. The van der Waals surface area contributed by atoms with E-state index in [9.17, 15) is 14.4 Å². The summed E-state index contributed by atoms with van der Waals surface area (Å²) in [4.78, 5) is 40.0. The van der Waals surface area contributed by atoms with Crippen molar-refractivity contribution in [2.75, 3.05) is 24.3 Å². The van der Waals surface area contributed by atoms with Crippen LogP contribution in [0.1, 0.15) is 24.1 Å². The Kier molecular flexibility index (Phi) is 7.70. The van der Waals surface area contributed by atoms with Crippen LogP contribution in [-0.2, 0) is 9.53 Å². The molecule has 3 aromatic carbocycles. The zero-order chi connectivity index (χ0) is 25.7. The van der Waals surface area contributed by atoms with Crippen LogP contribution >= 0.6 is 15.9 Å². The average Bonchev–Trinajstić information content (AvgIpc) is 2.87. The molecule has 4 rings (SSSR count). The van der Waals surface area contributed by atoms with Gasteiger partial charge in [0.15, 0.2) is 0 Å². The number of urea groups is 2. The maximum atomic E-state index is 13.2. The van der Waals surface area contributed by atoms with Crippen molar-refractivity contribution in [2.45, 2.75) is 13.0 Å². The van der Waals surface area contributed by atoms with Gasteiger partial charge in [0.25, 0.3) is 0 Å². The number of anilines is 2. The molecule has 1 atom stereocenters. The molecule has 0 fully saturated rings. The first-order valence-electron chi connectivity index (χ1n) is 11.3. The number of ether oxygens (including phenoxy) is 1. The number of hydrogen-bond donors (Lipinski definition) is 3. The predicted octanol–water partition coefficient (Wildman–Crippen LogP) is 5.76. The van der Waals surface area contributed by atoms with Crippen LogP contribution in [0, 0.1) is 0 Å². The molecule has 0 spiro atoms. The number of halogens is 1. The van der Waals surface area contributed by atoms with Crippen molar-refractivity contribution in [3.63, 3.8) is 0 Å². The van der Waals surface area contributed by atoms with E-state index in [1.807, 2.05) is 42.5 Å². The van der Waals surface area contributed by atoms with Gasteiger partial charge in [0.2, 0.25) is 0 Å². The lowest BCUT2D eigenvalue weighted by Gasteiger charge is -2.35. The third kappa shape index (κ3) is 5.58. The van der Waals surface area contributed by atoms with E-state index < -0.39 is 18.0 Å². The van der Waals surface area contributed by atoms with Gasteiger partial charge in [-0.25, -0.2) is 14.4 Å². The molecule has 1 aliphatic heterocycles. The fourth-order valence-electron chi connectivity index (χ4n) is 3.95. The molecule has 0 bridgehead atoms. The number of benzene rings is 3. The number of nitrogens with one attached hydrogen (secondary N) is 3. The minimum absolute atomic E-state index is 0.187. The summed E-state index contributed by atoms with van der Waals surface area (Å²) in [5.41, 5.74) is 3.24. The van der Waals surface area contributed by atoms with Crippen molar-refractivity contribution >= 4 is 51.0 Å². The SMILES string of the molecule is CCOC(=O)C1=C(c2ccccc2)N(C)C(=O)NC1c1cccc(NC(=O)Nc2ccc(Br)cc2)c1. The first-order valence-corrected chi connectivity index (χ1v) is 12.1. The second-order valence-electron chi connectivity index (χ2n) is 8.00. The fraction of sp³-hybridized carbons (Fsp3) is 0.148. The number of esters is 1. The zero-order valence-corrected chi connectivity index (χ0v) is 21.3. The Bertz CT molecular complexity index is 1310. The number of rotatable bonds is 6. The molecule has 1 aliphatic rings. The summed E-state index contributed by atoms with van der Waals surface area (Å²) in [5, 5.41) is 8.46. The van der Waals surface area contributed by atoms with Gasteiger partial charge < -0.3 is 20.7 Å². The van der Waals surface area contributed by atoms with Crippen molar-refractivity contribution in [3.8, 4) is 0 Å². The molecule has 0 aliphatic carbocycles. The van der Waals surface area contributed by atoms with Gasteiger partial charge in [0, 0.05) is 22.9 Å². The summed E-state index contributed by atoms with van der Waals surface area (Å²) < 4.78 is 6.28. The van der Waals surface area contributed by atoms with Crippen LogP contribution < -0.4 is 16.0 Å². The van der Waals surface area contributed by atoms with Gasteiger partial charge in [-0.1, -0.05) is 58.4 Å². The molecule has 0 aromatic heterocycles. The summed E-state index contributed by atoms with van der Waals surface area (Å²) in [6.07, 6.45) is 0. The van der Waals surface area contributed by atoms with Gasteiger partial charge in [-0.05, 0) is 54.4 Å². The molecule has 0 radical (unpaired) electrons. The van der Waals surface area contributed by atoms with Gasteiger partial charge >= 0.3 is 18.0 Å². The lowest BCUT2D eigenvalue weighted by atomic mass is 9.91. The van der Waals surface area contributed by atoms with Crippen LogP contribution in [0.15, 0.2) is 88.9 Å². The topological polar surface area (TPSA) is 99.8 Å². The summed E-state index contributed by atoms with van der Waals surface area (Å²) in [5.74, 6) is -0.528. The van der Waals surface area contributed by atoms with Crippen LogP contribution in [0.25, 0.3) is 5.70 Å². The second-order valence-corrected chi connectivity index (χ2v) is 8.92. The Morgan fingerprint density at radius 2 is 1.67 bits per heavy atom. The van der Waals surface area contributed by atoms with E-state index >= 15 is 0 Å². The highest BCUT2D eigenvalue weighted by Crippen LogP contribution is 2.36. The van der Waals surface area contributed by atoms with Crippen LogP contribution in [0.5, 0.6) is 0 Å². The van der Waals surface area contributed by atoms with E-state index in [4.69, 9.17) is 4.74 Å². The highest BCUT2D eigenvalue weighted by atomic mass is 79.9. The second kappa shape index (κ2) is 11.1. The number of hydrogen-bond acceptors (Lipinski definition) is 4. The molecule has 0 saturated carbocycles. The normalized spacial score (nSPS) is 15.2. The zero-order valence-electron chi connectivity index (χ0n) is 19.7. The monoisotopic (exact) mass is 548 g/mol. The number of carbonyl (C=O) groups is 3. The molecule has 3 N–H and O–H groups in total. The van der Waals surface area contributed by atoms with Crippen molar-refractivity contribution in [2.24, 2.45) is 0 Å². The smallest absolute Gasteiger partial charge is 0.338 e. The van der Waals surface area contributed by atoms with E-state index in [0.717, 1.165) is 4.47 Å². The molecule has 4 amide bonds. The average molecular weight is 549 g/mol. The van der Waals surface area contributed by atoms with Crippen LogP contribution in [-0.4, -0.2) is 36.6 Å². The minimum atomic E-state index is -0.778. The Labute approximate surface area is 217 Å². The Morgan fingerprint density at radius 3 is 2.36 bits per heavy atom. The quantitative estimate of drug-likeness (QED) is 0.341. The van der Waals surface area contributed by atoms with E-state index in [0.29, 0.717) is 33.8 Å². The molecular formula is C27H25BrN4O4. The Hall–Kier alpha value is -4.11.